The molecule has 0 saturated heterocycles. The Morgan fingerprint density at radius 3 is 0.737 bits per heavy atom. The molecule has 0 radical (unpaired) electrons. The number of carboxylic acids is 3. The van der Waals surface area contributed by atoms with Crippen LogP contribution < -0.4 is 15.3 Å². The Morgan fingerprint density at radius 2 is 0.737 bits per heavy atom. The molecule has 3 N–H and O–H groups in total. The number of hydrogen-bond donors (Lipinski definition) is 3. The summed E-state index contributed by atoms with van der Waals surface area (Å²) in [6.07, 6.45) is -4.03. The van der Waals surface area contributed by atoms with E-state index < -0.39 is 36.2 Å². The monoisotopic (exact) mass is 442 g/mol. The Morgan fingerprint density at radius 1 is 0.684 bits per heavy atom. The molecule has 0 aromatic heterocycles. The first-order valence-electron chi connectivity index (χ1n) is 4.60. The normalized spacial score (nSPS) is 12.9. The molecule has 0 aliphatic carbocycles. The third-order valence-corrected chi connectivity index (χ3v) is 1.02. The molecule has 0 rings (SSSR count). The fourth-order valence-electron chi connectivity index (χ4n) is 0. The van der Waals surface area contributed by atoms with E-state index in [2.05, 4.69) is 0 Å². The van der Waals surface area contributed by atoms with Gasteiger partial charge in [0, 0.05) is 0 Å². The Balaban J connectivity index is -0.0000000865. The predicted octanol–water partition coefficient (Wildman–Crippen LogP) is -5.65. The third-order valence-electron chi connectivity index (χ3n) is 1.02. The van der Waals surface area contributed by atoms with Gasteiger partial charge in [0.05, 0.1) is 36.2 Å². The van der Waals surface area contributed by atoms with Crippen LogP contribution in [-0.4, -0.2) is 51.5 Å². The van der Waals surface area contributed by atoms with Gasteiger partial charge in [0.15, 0.2) is 0 Å². The molecule has 0 aromatic rings. The summed E-state index contributed by atoms with van der Waals surface area (Å²) in [6, 6.07) is 0. The summed E-state index contributed by atoms with van der Waals surface area (Å²) in [5.41, 5.74) is 0. The van der Waals surface area contributed by atoms with Crippen LogP contribution in [0.2, 0.25) is 0 Å². The minimum atomic E-state index is -1.44. The van der Waals surface area contributed by atoms with Gasteiger partial charge in [0.1, 0.15) is 0 Å². The number of rotatable bonds is 3. The zero-order valence-corrected chi connectivity index (χ0v) is 11.9. The van der Waals surface area contributed by atoms with E-state index in [9.17, 15) is 29.7 Å². The van der Waals surface area contributed by atoms with Crippen LogP contribution in [-0.2, 0) is 14.4 Å². The molecule has 10 heteroatoms. The Labute approximate surface area is 138 Å². The second kappa shape index (κ2) is 15.6. The second-order valence-corrected chi connectivity index (χ2v) is 2.99. The van der Waals surface area contributed by atoms with Gasteiger partial charge < -0.3 is 45.0 Å². The maximum Gasteiger partial charge on any atom is 3.00 e. The van der Waals surface area contributed by atoms with Crippen molar-refractivity contribution in [2.75, 3.05) is 0 Å². The molecular weight excluding hydrogens is 427 g/mol. The van der Waals surface area contributed by atoms with Crippen molar-refractivity contribution in [2.24, 2.45) is 0 Å². The fraction of sp³-hybridized carbons (Fsp3) is 0.667. The van der Waals surface area contributed by atoms with Gasteiger partial charge >= 0.3 is 36.9 Å². The Hall–Kier alpha value is -0.476. The molecule has 0 aliphatic rings. The number of carboxylic acid groups (broad SMARTS) is 3. The van der Waals surface area contributed by atoms with Crippen molar-refractivity contribution in [3.05, 3.63) is 0 Å². The zero-order valence-electron chi connectivity index (χ0n) is 10.3. The first-order chi connectivity index (χ1) is 7.93. The van der Waals surface area contributed by atoms with Crippen LogP contribution in [0.15, 0.2) is 0 Å². The first-order valence-corrected chi connectivity index (χ1v) is 4.60. The van der Waals surface area contributed by atoms with Crippen LogP contribution >= 0.6 is 0 Å². The molecule has 9 nitrogen and oxygen atoms in total. The predicted molar refractivity (Wildman–Crippen MR) is 50.1 cm³/mol. The van der Waals surface area contributed by atoms with E-state index >= 15 is 0 Å². The van der Waals surface area contributed by atoms with Crippen molar-refractivity contribution < 1.29 is 81.9 Å². The quantitative estimate of drug-likeness (QED) is 0.384. The van der Waals surface area contributed by atoms with Crippen molar-refractivity contribution in [1.82, 2.24) is 0 Å². The molecule has 0 amide bonds. The summed E-state index contributed by atoms with van der Waals surface area (Å²) in [7, 11) is 0. The number of hydrogen-bond acceptors (Lipinski definition) is 9. The van der Waals surface area contributed by atoms with E-state index in [0.29, 0.717) is 0 Å². The molecule has 3 unspecified atom stereocenters. The van der Waals surface area contributed by atoms with Crippen molar-refractivity contribution >= 4 is 17.9 Å². The van der Waals surface area contributed by atoms with Crippen LogP contribution in [0.5, 0.6) is 0 Å². The van der Waals surface area contributed by atoms with Crippen molar-refractivity contribution in [1.29, 1.82) is 0 Å². The minimum absolute atomic E-state index is 0. The van der Waals surface area contributed by atoms with E-state index in [1.165, 1.54) is 0 Å². The second-order valence-electron chi connectivity index (χ2n) is 2.99. The number of aliphatic hydroxyl groups is 3. The van der Waals surface area contributed by atoms with Crippen LogP contribution in [0.25, 0.3) is 0 Å². The van der Waals surface area contributed by atoms with E-state index in [-0.39, 0.29) is 36.9 Å². The average Bonchev–Trinajstić information content (AvgIpc) is 2.18. The molecule has 0 aromatic carbocycles. The van der Waals surface area contributed by atoms with Gasteiger partial charge in [-0.25, -0.2) is 0 Å². The standard InChI is InChI=1S/3C3H6O3.Lu/c3*1-2(4)3(5)6;/h3*2,4H,1H3,(H,5,6);/q;;;+3/p-3. The third kappa shape index (κ3) is 31.8. The molecule has 120 valence electrons. The van der Waals surface area contributed by atoms with Crippen LogP contribution in [0.4, 0.5) is 0 Å². The van der Waals surface area contributed by atoms with Crippen molar-refractivity contribution in [3.8, 4) is 0 Å². The Kier molecular flexibility index (Phi) is 22.1. The summed E-state index contributed by atoms with van der Waals surface area (Å²) in [6.45, 7) is 3.40. The SMILES string of the molecule is CC(O)C(=O)[O-].CC(O)C(=O)[O-].CC(O)C(=O)[O-].[Lu+3]. The molecule has 0 fully saturated rings. The van der Waals surface area contributed by atoms with Gasteiger partial charge in [-0.3, -0.25) is 0 Å². The zero-order chi connectivity index (χ0) is 15.5. The van der Waals surface area contributed by atoms with E-state index in [4.69, 9.17) is 15.3 Å². The van der Waals surface area contributed by atoms with Crippen LogP contribution in [0, 0.1) is 36.9 Å². The maximum absolute atomic E-state index is 9.34. The van der Waals surface area contributed by atoms with Gasteiger partial charge in [-0.1, -0.05) is 0 Å². The van der Waals surface area contributed by atoms with E-state index in [1.807, 2.05) is 0 Å². The summed E-state index contributed by atoms with van der Waals surface area (Å²) in [5.74, 6) is -4.31. The summed E-state index contributed by atoms with van der Waals surface area (Å²) >= 11 is 0. The first kappa shape index (κ1) is 27.0. The molecule has 0 aliphatic heterocycles. The van der Waals surface area contributed by atoms with E-state index in [1.54, 1.807) is 0 Å². The van der Waals surface area contributed by atoms with Crippen LogP contribution in [0.3, 0.4) is 0 Å². The number of aliphatic carboxylic acids is 3. The maximum atomic E-state index is 9.34. The van der Waals surface area contributed by atoms with Gasteiger partial charge in [0.2, 0.25) is 0 Å². The number of aliphatic hydroxyl groups excluding tert-OH is 3. The van der Waals surface area contributed by atoms with Crippen molar-refractivity contribution in [3.63, 3.8) is 0 Å². The molecule has 3 atom stereocenters. The molecule has 0 spiro atoms. The topological polar surface area (TPSA) is 181 Å². The van der Waals surface area contributed by atoms with Gasteiger partial charge in [-0.15, -0.1) is 0 Å². The largest absolute Gasteiger partial charge is 3.00 e. The minimum Gasteiger partial charge on any atom is -0.547 e. The van der Waals surface area contributed by atoms with Gasteiger partial charge in [-0.05, 0) is 20.8 Å². The smallest absolute Gasteiger partial charge is 0.547 e. The molecule has 0 heterocycles. The molecule has 19 heavy (non-hydrogen) atoms. The fourth-order valence-corrected chi connectivity index (χ4v) is 0. The summed E-state index contributed by atoms with van der Waals surface area (Å²) in [5, 5.41) is 51.9. The molecule has 0 saturated carbocycles. The van der Waals surface area contributed by atoms with Crippen molar-refractivity contribution in [2.45, 2.75) is 39.1 Å². The van der Waals surface area contributed by atoms with Gasteiger partial charge in [-0.2, -0.15) is 0 Å². The van der Waals surface area contributed by atoms with Gasteiger partial charge in [0.25, 0.3) is 0 Å². The number of carbonyl (C=O) groups is 3. The van der Waals surface area contributed by atoms with E-state index in [0.717, 1.165) is 20.8 Å². The average molecular weight is 442 g/mol. The molecular formula is C9H15LuO9. The van der Waals surface area contributed by atoms with Crippen LogP contribution in [0.1, 0.15) is 20.8 Å². The summed E-state index contributed by atoms with van der Waals surface area (Å²) in [4.78, 5) is 28.0. The molecule has 0 bridgehead atoms. The summed E-state index contributed by atoms with van der Waals surface area (Å²) < 4.78 is 0. The Bertz CT molecular complexity index is 220. The number of carbonyl (C=O) groups excluding carboxylic acids is 3.